The second-order valence-electron chi connectivity index (χ2n) is 2.05. The third-order valence-electron chi connectivity index (χ3n) is 1.16. The maximum absolute atomic E-state index is 9.67. The predicted molar refractivity (Wildman–Crippen MR) is 45.2 cm³/mol. The van der Waals surface area contributed by atoms with E-state index in [2.05, 4.69) is 10.8 Å². The molecule has 0 saturated heterocycles. The standard InChI is InChI=1S/C9H14O2/c1-2-3-4-5-6-7-8-11-9-10/h2-3,6-7,9H,4-5,8H2,1H3. The summed E-state index contributed by atoms with van der Waals surface area (Å²) in [5.74, 6) is 0. The molecule has 0 unspecified atom stereocenters. The van der Waals surface area contributed by atoms with E-state index in [1.165, 1.54) is 0 Å². The average molecular weight is 154 g/mol. The summed E-state index contributed by atoms with van der Waals surface area (Å²) in [6, 6.07) is 0. The van der Waals surface area contributed by atoms with E-state index in [1.54, 1.807) is 0 Å². The van der Waals surface area contributed by atoms with Crippen molar-refractivity contribution < 1.29 is 9.53 Å². The zero-order valence-corrected chi connectivity index (χ0v) is 6.82. The van der Waals surface area contributed by atoms with Crippen LogP contribution in [0.4, 0.5) is 0 Å². The van der Waals surface area contributed by atoms with E-state index >= 15 is 0 Å². The summed E-state index contributed by atoms with van der Waals surface area (Å²) < 4.78 is 4.45. The molecule has 11 heavy (non-hydrogen) atoms. The number of hydrogen-bond acceptors (Lipinski definition) is 2. The number of rotatable bonds is 6. The largest absolute Gasteiger partial charge is 0.464 e. The summed E-state index contributed by atoms with van der Waals surface area (Å²) >= 11 is 0. The Morgan fingerprint density at radius 2 is 1.91 bits per heavy atom. The Balaban J connectivity index is 3.09. The maximum atomic E-state index is 9.67. The molecule has 0 amide bonds. The van der Waals surface area contributed by atoms with Crippen molar-refractivity contribution >= 4 is 6.47 Å². The summed E-state index contributed by atoms with van der Waals surface area (Å²) in [5.41, 5.74) is 0. The fourth-order valence-corrected chi connectivity index (χ4v) is 0.640. The number of carbonyl (C=O) groups excluding carboxylic acids is 1. The Morgan fingerprint density at radius 1 is 1.18 bits per heavy atom. The van der Waals surface area contributed by atoms with Gasteiger partial charge in [0.05, 0.1) is 0 Å². The van der Waals surface area contributed by atoms with Crippen LogP contribution in [0.1, 0.15) is 19.8 Å². The van der Waals surface area contributed by atoms with Gasteiger partial charge >= 0.3 is 0 Å². The Labute approximate surface area is 67.6 Å². The minimum Gasteiger partial charge on any atom is -0.464 e. The Hall–Kier alpha value is -1.05. The normalized spacial score (nSPS) is 11.0. The van der Waals surface area contributed by atoms with Crippen molar-refractivity contribution in [2.45, 2.75) is 19.8 Å². The molecule has 0 aromatic carbocycles. The van der Waals surface area contributed by atoms with Crippen LogP contribution >= 0.6 is 0 Å². The van der Waals surface area contributed by atoms with Crippen molar-refractivity contribution in [3.8, 4) is 0 Å². The van der Waals surface area contributed by atoms with Gasteiger partial charge in [-0.15, -0.1) is 0 Å². The second kappa shape index (κ2) is 8.95. The molecule has 0 spiro atoms. The highest BCUT2D eigenvalue weighted by molar-refractivity contribution is 5.37. The third-order valence-corrected chi connectivity index (χ3v) is 1.16. The van der Waals surface area contributed by atoms with Crippen LogP contribution in [0.25, 0.3) is 0 Å². The highest BCUT2D eigenvalue weighted by Crippen LogP contribution is 1.91. The van der Waals surface area contributed by atoms with Crippen LogP contribution in [0.15, 0.2) is 24.3 Å². The quantitative estimate of drug-likeness (QED) is 0.332. The molecule has 0 atom stereocenters. The first-order chi connectivity index (χ1) is 5.41. The molecule has 0 saturated carbocycles. The molecule has 62 valence electrons. The van der Waals surface area contributed by atoms with Crippen LogP contribution in [0, 0.1) is 0 Å². The molecule has 0 aromatic heterocycles. The minimum atomic E-state index is 0.388. The van der Waals surface area contributed by atoms with Gasteiger partial charge in [-0.1, -0.05) is 24.3 Å². The molecule has 0 aliphatic rings. The summed E-state index contributed by atoms with van der Waals surface area (Å²) in [4.78, 5) is 9.67. The van der Waals surface area contributed by atoms with Crippen LogP contribution in [-0.2, 0) is 9.53 Å². The van der Waals surface area contributed by atoms with E-state index in [4.69, 9.17) is 0 Å². The molecule has 0 aliphatic heterocycles. The number of carbonyl (C=O) groups is 1. The van der Waals surface area contributed by atoms with Crippen LogP contribution in [0.5, 0.6) is 0 Å². The van der Waals surface area contributed by atoms with Crippen molar-refractivity contribution in [1.29, 1.82) is 0 Å². The van der Waals surface area contributed by atoms with Crippen LogP contribution in [0.2, 0.25) is 0 Å². The number of unbranched alkanes of at least 4 members (excludes halogenated alkanes) is 1. The molecule has 0 rings (SSSR count). The molecule has 0 fully saturated rings. The summed E-state index contributed by atoms with van der Waals surface area (Å²) in [7, 11) is 0. The second-order valence-corrected chi connectivity index (χ2v) is 2.05. The monoisotopic (exact) mass is 154 g/mol. The van der Waals surface area contributed by atoms with Gasteiger partial charge in [-0.3, -0.25) is 4.79 Å². The lowest BCUT2D eigenvalue weighted by Gasteiger charge is -1.88. The first kappa shape index (κ1) is 9.95. The fraction of sp³-hybridized carbons (Fsp3) is 0.444. The number of ether oxygens (including phenoxy) is 1. The van der Waals surface area contributed by atoms with Gasteiger partial charge in [-0.2, -0.15) is 0 Å². The Kier molecular flexibility index (Phi) is 8.10. The zero-order chi connectivity index (χ0) is 8.36. The summed E-state index contributed by atoms with van der Waals surface area (Å²) in [6.07, 6.45) is 10.0. The topological polar surface area (TPSA) is 26.3 Å². The lowest BCUT2D eigenvalue weighted by atomic mass is 10.3. The molecule has 0 aliphatic carbocycles. The van der Waals surface area contributed by atoms with Gasteiger partial charge in [0.15, 0.2) is 0 Å². The molecule has 2 nitrogen and oxygen atoms in total. The number of hydrogen-bond donors (Lipinski definition) is 0. The van der Waals surface area contributed by atoms with Crippen LogP contribution in [0.3, 0.4) is 0 Å². The molecule has 0 aromatic rings. The van der Waals surface area contributed by atoms with Gasteiger partial charge in [0, 0.05) is 0 Å². The molecule has 0 heterocycles. The van der Waals surface area contributed by atoms with E-state index in [9.17, 15) is 4.79 Å². The smallest absolute Gasteiger partial charge is 0.293 e. The predicted octanol–water partition coefficient (Wildman–Crippen LogP) is 2.07. The van der Waals surface area contributed by atoms with Gasteiger partial charge < -0.3 is 4.74 Å². The van der Waals surface area contributed by atoms with E-state index < -0.39 is 0 Å². The van der Waals surface area contributed by atoms with Crippen molar-refractivity contribution in [2.24, 2.45) is 0 Å². The average Bonchev–Trinajstić information content (AvgIpc) is 2.03. The van der Waals surface area contributed by atoms with Crippen molar-refractivity contribution in [3.05, 3.63) is 24.3 Å². The number of allylic oxidation sites excluding steroid dienone is 3. The zero-order valence-electron chi connectivity index (χ0n) is 6.82. The lowest BCUT2D eigenvalue weighted by Crippen LogP contribution is -1.84. The molecule has 0 radical (unpaired) electrons. The third kappa shape index (κ3) is 8.95. The highest BCUT2D eigenvalue weighted by Gasteiger charge is 1.76. The van der Waals surface area contributed by atoms with Crippen LogP contribution in [-0.4, -0.2) is 13.1 Å². The molecule has 2 heteroatoms. The van der Waals surface area contributed by atoms with Gasteiger partial charge in [0.25, 0.3) is 6.47 Å². The molecular formula is C9H14O2. The summed E-state index contributed by atoms with van der Waals surface area (Å²) in [5, 5.41) is 0. The van der Waals surface area contributed by atoms with Crippen molar-refractivity contribution in [2.75, 3.05) is 6.61 Å². The van der Waals surface area contributed by atoms with Crippen molar-refractivity contribution in [1.82, 2.24) is 0 Å². The fourth-order valence-electron chi connectivity index (χ4n) is 0.640. The maximum Gasteiger partial charge on any atom is 0.293 e. The van der Waals surface area contributed by atoms with Gasteiger partial charge in [-0.25, -0.2) is 0 Å². The molecule has 0 N–H and O–H groups in total. The van der Waals surface area contributed by atoms with Gasteiger partial charge in [0.2, 0.25) is 0 Å². The first-order valence-electron chi connectivity index (χ1n) is 3.73. The SMILES string of the molecule is CC=CCCC=CCOC=O. The summed E-state index contributed by atoms with van der Waals surface area (Å²) in [6.45, 7) is 2.84. The van der Waals surface area contributed by atoms with E-state index in [0.717, 1.165) is 12.8 Å². The van der Waals surface area contributed by atoms with E-state index in [0.29, 0.717) is 13.1 Å². The van der Waals surface area contributed by atoms with Gasteiger partial charge in [-0.05, 0) is 19.8 Å². The van der Waals surface area contributed by atoms with E-state index in [-0.39, 0.29) is 0 Å². The minimum absolute atomic E-state index is 0.388. The Bertz CT molecular complexity index is 136. The van der Waals surface area contributed by atoms with E-state index in [1.807, 2.05) is 25.2 Å². The highest BCUT2D eigenvalue weighted by atomic mass is 16.5. The molecule has 0 bridgehead atoms. The van der Waals surface area contributed by atoms with Crippen molar-refractivity contribution in [3.63, 3.8) is 0 Å². The first-order valence-corrected chi connectivity index (χ1v) is 3.73. The van der Waals surface area contributed by atoms with Crippen LogP contribution < -0.4 is 0 Å². The lowest BCUT2D eigenvalue weighted by molar-refractivity contribution is -0.127. The molecular weight excluding hydrogens is 140 g/mol. The van der Waals surface area contributed by atoms with Gasteiger partial charge in [0.1, 0.15) is 6.61 Å². The Morgan fingerprint density at radius 3 is 2.55 bits per heavy atom.